The third kappa shape index (κ3) is 16.1. The van der Waals surface area contributed by atoms with Gasteiger partial charge < -0.3 is 59.7 Å². The summed E-state index contributed by atoms with van der Waals surface area (Å²) in [6.07, 6.45) is 1.52. The molecule has 0 bridgehead atoms. The van der Waals surface area contributed by atoms with Crippen LogP contribution in [0.3, 0.4) is 0 Å². The Labute approximate surface area is 308 Å². The first-order valence-corrected chi connectivity index (χ1v) is 24.1. The number of phosphoric acid groups is 3. The van der Waals surface area contributed by atoms with Gasteiger partial charge in [-0.25, -0.2) is 28.5 Å². The molecule has 1 fully saturated rings. The van der Waals surface area contributed by atoms with Crippen molar-refractivity contribution in [2.45, 2.75) is 31.7 Å². The van der Waals surface area contributed by atoms with Crippen LogP contribution < -0.4 is 16.3 Å². The van der Waals surface area contributed by atoms with E-state index in [0.29, 0.717) is 28.9 Å². The van der Waals surface area contributed by atoms with Gasteiger partial charge in [-0.3, -0.25) is 4.52 Å². The van der Waals surface area contributed by atoms with Crippen molar-refractivity contribution in [2.24, 2.45) is 0 Å². The molecule has 2 aromatic rings. The van der Waals surface area contributed by atoms with Gasteiger partial charge in [0.25, 0.3) is 0 Å². The predicted molar refractivity (Wildman–Crippen MR) is 194 cm³/mol. The van der Waals surface area contributed by atoms with Crippen LogP contribution in [0.1, 0.15) is 18.2 Å². The molecule has 2 aromatic heterocycles. The number of carbonyl (C=O) groups excluding carboxylic acids is 1. The molecular formula is C22H36BN6O15P3S4. The summed E-state index contributed by atoms with van der Waals surface area (Å²) in [6, 6.07) is 0. The monoisotopic (exact) mass is 856 g/mol. The first-order valence-electron chi connectivity index (χ1n) is 14.4. The summed E-state index contributed by atoms with van der Waals surface area (Å²) < 4.78 is 66.0. The number of nitrogens with one attached hydrogen (secondary N) is 2. The van der Waals surface area contributed by atoms with E-state index in [4.69, 9.17) is 39.3 Å². The standard InChI is InChI=1S/C22H36BN6O15P3S4/c1-23(31)28-6-8-49-50-9-7-39-22(30)25-5-3-4-15-11-29(21-19(15)20(24)26-13-27-21)18-10-16(40-14-51-48-2)17(42-18)12-41-46(35,36)44-47(37,38)43-45(32,33)34/h11,13,16-18,28,31H,5-10,12,14H2,1-2H3,(H,25,30)(H,35,36)(H,37,38)(H2,24,26,27)(H2,32,33,34)/t16-,17-,18-/m1/s1. The van der Waals surface area contributed by atoms with Crippen LogP contribution in [0, 0.1) is 11.8 Å². The molecular weight excluding hydrogens is 820 g/mol. The summed E-state index contributed by atoms with van der Waals surface area (Å²) in [4.78, 5) is 57.3. The van der Waals surface area contributed by atoms with Gasteiger partial charge in [0.05, 0.1) is 30.2 Å². The van der Waals surface area contributed by atoms with Gasteiger partial charge in [0.2, 0.25) is 0 Å². The second kappa shape index (κ2) is 21.2. The number of nitrogens with two attached hydrogens (primary N) is 1. The Hall–Kier alpha value is -1.04. The van der Waals surface area contributed by atoms with Gasteiger partial charge in [0.1, 0.15) is 42.7 Å². The first kappa shape index (κ1) is 44.4. The Morgan fingerprint density at radius 1 is 1.16 bits per heavy atom. The molecule has 9 N–H and O–H groups in total. The van der Waals surface area contributed by atoms with Crippen LogP contribution in [0.5, 0.6) is 0 Å². The molecule has 3 heterocycles. The molecule has 2 unspecified atom stereocenters. The van der Waals surface area contributed by atoms with Gasteiger partial charge in [-0.05, 0) is 19.6 Å². The molecule has 286 valence electrons. The van der Waals surface area contributed by atoms with Crippen molar-refractivity contribution in [1.29, 1.82) is 0 Å². The SMILES string of the molecule is CSSCO[C@@H]1C[C@H](n2cc(C#CCNC(=O)OCCSSCCNB(C)O)c3c(N)ncnc32)O[C@@H]1COP(=O)(O)OP(=O)(O)OP(=O)(O)O. The Kier molecular flexibility index (Phi) is 18.4. The van der Waals surface area contributed by atoms with Gasteiger partial charge >= 0.3 is 36.6 Å². The molecule has 5 atom stereocenters. The van der Waals surface area contributed by atoms with Crippen LogP contribution in [0.15, 0.2) is 12.5 Å². The van der Waals surface area contributed by atoms with E-state index in [1.165, 1.54) is 38.7 Å². The smallest absolute Gasteiger partial charge is 0.449 e. The second-order valence-corrected chi connectivity index (χ2v) is 19.5. The molecule has 0 aliphatic carbocycles. The quantitative estimate of drug-likeness (QED) is 0.0223. The molecule has 0 radical (unpaired) electrons. The van der Waals surface area contributed by atoms with E-state index in [9.17, 15) is 28.3 Å². The zero-order chi connectivity index (χ0) is 37.7. The van der Waals surface area contributed by atoms with E-state index in [1.807, 2.05) is 6.26 Å². The number of phosphoric ester groups is 1. The fraction of sp³-hybridized carbons (Fsp3) is 0.591. The van der Waals surface area contributed by atoms with Crippen LogP contribution >= 0.6 is 66.6 Å². The van der Waals surface area contributed by atoms with E-state index in [0.717, 1.165) is 5.75 Å². The summed E-state index contributed by atoms with van der Waals surface area (Å²) in [5.41, 5.74) is 6.88. The number of amides is 1. The lowest BCUT2D eigenvalue weighted by Gasteiger charge is -2.21. The number of nitrogens with zero attached hydrogens (tertiary/aromatic N) is 3. The van der Waals surface area contributed by atoms with Crippen molar-refractivity contribution < 1.29 is 70.4 Å². The normalized spacial score (nSPS) is 19.9. The average Bonchev–Trinajstić information content (AvgIpc) is 3.59. The van der Waals surface area contributed by atoms with Crippen LogP contribution in [-0.2, 0) is 41.1 Å². The Morgan fingerprint density at radius 3 is 2.61 bits per heavy atom. The highest BCUT2D eigenvalue weighted by atomic mass is 33.1. The zero-order valence-corrected chi connectivity index (χ0v) is 32.8. The highest BCUT2D eigenvalue weighted by Crippen LogP contribution is 2.66. The lowest BCUT2D eigenvalue weighted by molar-refractivity contribution is -0.0520. The van der Waals surface area contributed by atoms with Gasteiger partial charge in [-0.1, -0.05) is 55.0 Å². The van der Waals surface area contributed by atoms with Crippen LogP contribution in [-0.4, -0.2) is 114 Å². The number of anilines is 1. The van der Waals surface area contributed by atoms with Gasteiger partial charge in [-0.15, -0.1) is 0 Å². The van der Waals surface area contributed by atoms with Crippen molar-refractivity contribution in [3.05, 3.63) is 18.1 Å². The van der Waals surface area contributed by atoms with Gasteiger partial charge in [-0.2, -0.15) is 8.62 Å². The molecule has 3 rings (SSSR count). The highest BCUT2D eigenvalue weighted by molar-refractivity contribution is 8.76. The molecule has 29 heteroatoms. The fourth-order valence-corrected chi connectivity index (χ4v) is 9.72. The number of alkyl carbamates (subject to hydrolysis) is 1. The zero-order valence-electron chi connectivity index (χ0n) is 26.8. The van der Waals surface area contributed by atoms with E-state index < -0.39 is 61.7 Å². The van der Waals surface area contributed by atoms with E-state index in [-0.39, 0.29) is 31.3 Å². The molecule has 1 aliphatic rings. The molecule has 51 heavy (non-hydrogen) atoms. The van der Waals surface area contributed by atoms with E-state index in [2.05, 4.69) is 41.0 Å². The maximum absolute atomic E-state index is 12.3. The van der Waals surface area contributed by atoms with Crippen molar-refractivity contribution in [3.63, 3.8) is 0 Å². The maximum atomic E-state index is 12.3. The summed E-state index contributed by atoms with van der Waals surface area (Å²) in [5.74, 6) is 7.39. The number of aromatic nitrogens is 3. The van der Waals surface area contributed by atoms with E-state index >= 15 is 0 Å². The summed E-state index contributed by atoms with van der Waals surface area (Å²) in [5, 5.41) is 15.0. The molecule has 1 amide bonds. The summed E-state index contributed by atoms with van der Waals surface area (Å²) in [6.45, 7) is 1.69. The van der Waals surface area contributed by atoms with Crippen molar-refractivity contribution in [1.82, 2.24) is 25.1 Å². The van der Waals surface area contributed by atoms with Gasteiger partial charge in [0.15, 0.2) is 0 Å². The molecule has 1 saturated heterocycles. The summed E-state index contributed by atoms with van der Waals surface area (Å²) in [7, 11) is -11.4. The molecule has 0 spiro atoms. The third-order valence-electron chi connectivity index (χ3n) is 6.05. The number of ether oxygens (including phenoxy) is 3. The number of rotatable bonds is 21. The number of nitrogen functional groups attached to an aromatic ring is 1. The number of fused-ring (bicyclic) bond motifs is 1. The largest absolute Gasteiger partial charge is 0.490 e. The highest BCUT2D eigenvalue weighted by Gasteiger charge is 2.43. The first-order chi connectivity index (χ1) is 24.0. The number of hydrogen-bond donors (Lipinski definition) is 8. The minimum atomic E-state index is -5.72. The molecule has 21 nitrogen and oxygen atoms in total. The second-order valence-electron chi connectivity index (χ2n) is 9.83. The van der Waals surface area contributed by atoms with Crippen molar-refractivity contribution >= 4 is 96.6 Å². The third-order valence-corrected chi connectivity index (χ3v) is 13.7. The molecule has 0 saturated carbocycles. The Morgan fingerprint density at radius 2 is 1.90 bits per heavy atom. The minimum Gasteiger partial charge on any atom is -0.449 e. The molecule has 1 aliphatic heterocycles. The fourth-order valence-electron chi connectivity index (χ4n) is 4.16. The predicted octanol–water partition coefficient (Wildman–Crippen LogP) is 2.16. The van der Waals surface area contributed by atoms with Crippen LogP contribution in [0.4, 0.5) is 10.6 Å². The maximum Gasteiger partial charge on any atom is 0.490 e. The van der Waals surface area contributed by atoms with Crippen molar-refractivity contribution in [2.75, 3.05) is 55.7 Å². The topological polar surface area (TPSA) is 306 Å². The lowest BCUT2D eigenvalue weighted by Crippen LogP contribution is -2.32. The van der Waals surface area contributed by atoms with Gasteiger partial charge in [0, 0.05) is 24.1 Å². The Balaban J connectivity index is 1.65. The van der Waals surface area contributed by atoms with Crippen LogP contribution in [0.2, 0.25) is 6.82 Å². The van der Waals surface area contributed by atoms with Crippen molar-refractivity contribution in [3.8, 4) is 11.8 Å². The minimum absolute atomic E-state index is 0.0579. The lowest BCUT2D eigenvalue weighted by atomic mass is 9.89. The summed E-state index contributed by atoms with van der Waals surface area (Å²) >= 11 is 0. The molecule has 0 aromatic carbocycles. The van der Waals surface area contributed by atoms with Crippen LogP contribution in [0.25, 0.3) is 11.0 Å². The Bertz CT molecular complexity index is 1670. The van der Waals surface area contributed by atoms with E-state index in [1.54, 1.807) is 28.4 Å². The average molecular weight is 857 g/mol. The number of hydrogen-bond acceptors (Lipinski definition) is 19. The number of carbonyl (C=O) groups is 1.